The second-order valence-corrected chi connectivity index (χ2v) is 13.0. The highest BCUT2D eigenvalue weighted by Gasteiger charge is 2.20. The Morgan fingerprint density at radius 2 is 1.38 bits per heavy atom. The van der Waals surface area contributed by atoms with Crippen molar-refractivity contribution in [3.8, 4) is 0 Å². The fourth-order valence-corrected chi connectivity index (χ4v) is 6.35. The van der Waals surface area contributed by atoms with E-state index in [2.05, 4.69) is 30.8 Å². The summed E-state index contributed by atoms with van der Waals surface area (Å²) in [5, 5.41) is 23.3. The Morgan fingerprint density at radius 3 is 2.10 bits per heavy atom. The van der Waals surface area contributed by atoms with Crippen LogP contribution in [0.25, 0.3) is 21.8 Å². The molecule has 4 heterocycles. The van der Waals surface area contributed by atoms with Crippen molar-refractivity contribution in [3.05, 3.63) is 96.1 Å². The quantitative estimate of drug-likeness (QED) is 0.186. The number of fused-ring (bicyclic) bond motifs is 2. The Balaban J connectivity index is 1.29. The fraction of sp³-hybridized carbons (Fsp3) is 0.152. The molecule has 0 bridgehead atoms. The van der Waals surface area contributed by atoms with Gasteiger partial charge in [0.25, 0.3) is 0 Å². The molecule has 7 aromatic rings. The molecule has 0 unspecified atom stereocenters. The van der Waals surface area contributed by atoms with Gasteiger partial charge in [0.15, 0.2) is 0 Å². The number of rotatable bonds is 8. The van der Waals surface area contributed by atoms with Crippen LogP contribution in [0.4, 0.5) is 40.6 Å². The molecule has 0 atom stereocenters. The molecule has 7 rings (SSSR count). The Kier molecular flexibility index (Phi) is 7.49. The lowest BCUT2D eigenvalue weighted by molar-refractivity contribution is 0.597. The molecule has 3 aromatic carbocycles. The van der Waals surface area contributed by atoms with Gasteiger partial charge in [0.1, 0.15) is 11.6 Å². The number of nitrogens with one attached hydrogen (secondary N) is 2. The molecule has 4 aromatic heterocycles. The van der Waals surface area contributed by atoms with Crippen molar-refractivity contribution in [3.63, 3.8) is 0 Å². The molecule has 242 valence electrons. The van der Waals surface area contributed by atoms with Crippen LogP contribution in [-0.2, 0) is 24.1 Å². The predicted octanol–water partition coefficient (Wildman–Crippen LogP) is 5.57. The number of sulfonamides is 1. The molecule has 0 aliphatic rings. The zero-order chi connectivity index (χ0) is 33.7. The van der Waals surface area contributed by atoms with Crippen LogP contribution in [0.1, 0.15) is 17.0 Å². The monoisotopic (exact) mass is 660 g/mol. The summed E-state index contributed by atoms with van der Waals surface area (Å²) in [6.07, 6.45) is 3.27. The second kappa shape index (κ2) is 11.7. The van der Waals surface area contributed by atoms with Crippen molar-refractivity contribution < 1.29 is 8.42 Å². The highest BCUT2D eigenvalue weighted by molar-refractivity contribution is 7.89. The predicted molar refractivity (Wildman–Crippen MR) is 186 cm³/mol. The number of hydrogen-bond donors (Lipinski definition) is 3. The van der Waals surface area contributed by atoms with Crippen LogP contribution in [0.5, 0.6) is 0 Å². The van der Waals surface area contributed by atoms with Crippen LogP contribution < -0.4 is 20.7 Å². The molecule has 4 N–H and O–H groups in total. The van der Waals surface area contributed by atoms with Gasteiger partial charge in [0, 0.05) is 66.1 Å². The lowest BCUT2D eigenvalue weighted by Crippen LogP contribution is -2.16. The van der Waals surface area contributed by atoms with Crippen LogP contribution in [0.3, 0.4) is 0 Å². The standard InChI is InChI=1S/C33H32N12O2S/c1-19-6-7-23(17-29(19)48(34,46)47)38-32-35-15-13-31(40-32)45(24-9-11-26-21(3)44(5)42-28(26)18-24)33-36-14-12-30(39-33)37-22-8-10-25-20(2)43(4)41-27(25)16-22/h6-18H,1-5H3,(H2,34,46,47)(H,35,38,40)(H,36,37,39). The van der Waals surface area contributed by atoms with E-state index in [0.29, 0.717) is 28.8 Å². The van der Waals surface area contributed by atoms with Crippen LogP contribution in [0.15, 0.2) is 84.0 Å². The summed E-state index contributed by atoms with van der Waals surface area (Å²) in [6.45, 7) is 5.73. The van der Waals surface area contributed by atoms with Crippen molar-refractivity contribution in [2.75, 3.05) is 15.5 Å². The van der Waals surface area contributed by atoms with Gasteiger partial charge in [-0.05, 0) is 80.9 Å². The molecule has 0 fully saturated rings. The molecule has 0 aliphatic heterocycles. The van der Waals surface area contributed by atoms with Crippen molar-refractivity contribution in [1.29, 1.82) is 0 Å². The summed E-state index contributed by atoms with van der Waals surface area (Å²) < 4.78 is 28.0. The van der Waals surface area contributed by atoms with E-state index < -0.39 is 10.0 Å². The maximum Gasteiger partial charge on any atom is 0.238 e. The van der Waals surface area contributed by atoms with Gasteiger partial charge < -0.3 is 10.6 Å². The van der Waals surface area contributed by atoms with E-state index in [4.69, 9.17) is 15.1 Å². The van der Waals surface area contributed by atoms with E-state index in [1.165, 1.54) is 6.07 Å². The number of nitrogens with zero attached hydrogens (tertiary/aromatic N) is 9. The number of anilines is 7. The summed E-state index contributed by atoms with van der Waals surface area (Å²) >= 11 is 0. The number of primary sulfonamides is 1. The van der Waals surface area contributed by atoms with Gasteiger partial charge >= 0.3 is 0 Å². The summed E-state index contributed by atoms with van der Waals surface area (Å²) in [6, 6.07) is 20.3. The van der Waals surface area contributed by atoms with E-state index in [1.807, 2.05) is 73.7 Å². The van der Waals surface area contributed by atoms with Crippen molar-refractivity contribution in [2.45, 2.75) is 25.7 Å². The largest absolute Gasteiger partial charge is 0.340 e. The van der Waals surface area contributed by atoms with Crippen molar-refractivity contribution >= 4 is 72.4 Å². The molecule has 0 saturated carbocycles. The van der Waals surface area contributed by atoms with Crippen molar-refractivity contribution in [1.82, 2.24) is 39.5 Å². The first-order valence-corrected chi connectivity index (χ1v) is 16.5. The van der Waals surface area contributed by atoms with E-state index in [1.54, 1.807) is 48.5 Å². The molecule has 14 nitrogen and oxygen atoms in total. The summed E-state index contributed by atoms with van der Waals surface area (Å²) in [5.74, 6) is 1.60. The number of aromatic nitrogens is 8. The zero-order valence-electron chi connectivity index (χ0n) is 26.8. The molecule has 48 heavy (non-hydrogen) atoms. The van der Waals surface area contributed by atoms with E-state index >= 15 is 0 Å². The number of hydrogen-bond acceptors (Lipinski definition) is 11. The van der Waals surface area contributed by atoms with E-state index in [-0.39, 0.29) is 10.8 Å². The smallest absolute Gasteiger partial charge is 0.238 e. The third kappa shape index (κ3) is 5.76. The van der Waals surface area contributed by atoms with Gasteiger partial charge in [-0.1, -0.05) is 6.07 Å². The molecule has 0 radical (unpaired) electrons. The minimum absolute atomic E-state index is 0.0132. The molecule has 0 saturated heterocycles. The number of benzene rings is 3. The fourth-order valence-electron chi connectivity index (χ4n) is 5.54. The van der Waals surface area contributed by atoms with E-state index in [9.17, 15) is 8.42 Å². The molecule has 15 heteroatoms. The third-order valence-corrected chi connectivity index (χ3v) is 9.29. The number of nitrogens with two attached hydrogens (primary N) is 1. The minimum Gasteiger partial charge on any atom is -0.340 e. The first-order valence-electron chi connectivity index (χ1n) is 14.9. The zero-order valence-corrected chi connectivity index (χ0v) is 27.6. The Labute approximate surface area is 276 Å². The van der Waals surface area contributed by atoms with Gasteiger partial charge in [0.2, 0.25) is 21.9 Å². The Bertz CT molecular complexity index is 2470. The average molecular weight is 661 g/mol. The highest BCUT2D eigenvalue weighted by Crippen LogP contribution is 2.35. The topological polar surface area (TPSA) is 175 Å². The molecule has 0 aliphatic carbocycles. The van der Waals surface area contributed by atoms with Crippen LogP contribution >= 0.6 is 0 Å². The van der Waals surface area contributed by atoms with Gasteiger partial charge in [-0.3, -0.25) is 14.3 Å². The first kappa shape index (κ1) is 30.7. The second-order valence-electron chi connectivity index (χ2n) is 11.4. The normalized spacial score (nSPS) is 11.7. The van der Waals surface area contributed by atoms with Gasteiger partial charge in [0.05, 0.1) is 21.6 Å². The van der Waals surface area contributed by atoms with Gasteiger partial charge in [-0.25, -0.2) is 23.5 Å². The maximum atomic E-state index is 12.1. The summed E-state index contributed by atoms with van der Waals surface area (Å²) in [7, 11) is -0.0929. The summed E-state index contributed by atoms with van der Waals surface area (Å²) in [5.41, 5.74) is 6.34. The number of aryl methyl sites for hydroxylation is 5. The van der Waals surface area contributed by atoms with Crippen molar-refractivity contribution in [2.24, 2.45) is 19.2 Å². The molecular weight excluding hydrogens is 629 g/mol. The Hall–Kier alpha value is -5.93. The maximum absolute atomic E-state index is 12.1. The lowest BCUT2D eigenvalue weighted by Gasteiger charge is -2.23. The van der Waals surface area contributed by atoms with Crippen LogP contribution in [0, 0.1) is 20.8 Å². The minimum atomic E-state index is -3.92. The average Bonchev–Trinajstić information content (AvgIpc) is 3.50. The SMILES string of the molecule is Cc1ccc(Nc2nccc(N(c3ccc4c(C)n(C)nc4c3)c3nccc(Nc4ccc5c(C)n(C)nc5c4)n3)n2)cc1S(N)(=O)=O. The van der Waals surface area contributed by atoms with Crippen LogP contribution in [0.2, 0.25) is 0 Å². The first-order chi connectivity index (χ1) is 22.9. The van der Waals surface area contributed by atoms with Gasteiger partial charge in [-0.15, -0.1) is 0 Å². The summed E-state index contributed by atoms with van der Waals surface area (Å²) in [4.78, 5) is 20.5. The third-order valence-electron chi connectivity index (χ3n) is 8.24. The lowest BCUT2D eigenvalue weighted by atomic mass is 10.2. The molecular formula is C33H32N12O2S. The Morgan fingerprint density at radius 1 is 0.729 bits per heavy atom. The van der Waals surface area contributed by atoms with Crippen LogP contribution in [-0.4, -0.2) is 47.9 Å². The molecule has 0 spiro atoms. The highest BCUT2D eigenvalue weighted by atomic mass is 32.2. The van der Waals surface area contributed by atoms with Gasteiger partial charge in [-0.2, -0.15) is 20.2 Å². The molecule has 0 amide bonds. The van der Waals surface area contributed by atoms with E-state index in [0.717, 1.165) is 44.6 Å².